The molecule has 0 aliphatic rings. The van der Waals surface area contributed by atoms with E-state index in [9.17, 15) is 0 Å². The summed E-state index contributed by atoms with van der Waals surface area (Å²) in [7, 11) is -0.845. The molecule has 0 rings (SSSR count). The van der Waals surface area contributed by atoms with Crippen molar-refractivity contribution in [2.24, 2.45) is 0 Å². The number of hydrogen-bond acceptors (Lipinski definition) is 0. The maximum Gasteiger partial charge on any atom is 0.0480 e. The van der Waals surface area contributed by atoms with Crippen LogP contribution in [0.5, 0.6) is 0 Å². The minimum Gasteiger partial charge on any atom is -0.0872 e. The van der Waals surface area contributed by atoms with Gasteiger partial charge in [0.15, 0.2) is 0 Å². The van der Waals surface area contributed by atoms with Crippen LogP contribution in [0.1, 0.15) is 13.8 Å². The minimum atomic E-state index is -0.845. The fourth-order valence-corrected chi connectivity index (χ4v) is 1.53. The van der Waals surface area contributed by atoms with Gasteiger partial charge >= 0.3 is 0 Å². The molecule has 0 atom stereocenters. The van der Waals surface area contributed by atoms with E-state index in [4.69, 9.17) is 0 Å². The second kappa shape index (κ2) is 4.55. The van der Waals surface area contributed by atoms with Crippen molar-refractivity contribution < 1.29 is 0 Å². The van der Waals surface area contributed by atoms with E-state index in [-0.39, 0.29) is 0 Å². The van der Waals surface area contributed by atoms with Crippen molar-refractivity contribution in [3.8, 4) is 0 Å². The van der Waals surface area contributed by atoms with Crippen LogP contribution in [0.2, 0.25) is 25.7 Å². The van der Waals surface area contributed by atoms with E-state index >= 15 is 0 Å². The van der Waals surface area contributed by atoms with Gasteiger partial charge < -0.3 is 0 Å². The number of allylic oxidation sites excluding steroid dienone is 4. The van der Waals surface area contributed by atoms with E-state index in [1.165, 1.54) is 11.6 Å². The van der Waals surface area contributed by atoms with Crippen LogP contribution in [0, 0.1) is 0 Å². The first-order valence-electron chi connectivity index (χ1n) is 4.22. The first-order valence-corrected chi connectivity index (χ1v) is 7.92. The molecular formula is C10H20Si. The predicted molar refractivity (Wildman–Crippen MR) is 56.7 cm³/mol. The Balaban J connectivity index is 3.71. The van der Waals surface area contributed by atoms with E-state index in [1.54, 1.807) is 0 Å². The third kappa shape index (κ3) is 9.70. The molecule has 0 aliphatic carbocycles. The lowest BCUT2D eigenvalue weighted by atomic mass is 10.3. The molecule has 11 heavy (non-hydrogen) atoms. The first kappa shape index (κ1) is 10.7. The molecule has 1 heteroatoms. The van der Waals surface area contributed by atoms with Crippen molar-refractivity contribution in [2.45, 2.75) is 39.5 Å². The van der Waals surface area contributed by atoms with Crippen LogP contribution >= 0.6 is 0 Å². The molecule has 0 amide bonds. The fourth-order valence-electron chi connectivity index (χ4n) is 0.682. The predicted octanol–water partition coefficient (Wildman–Crippen LogP) is 3.85. The molecule has 0 heterocycles. The Labute approximate surface area is 72.0 Å². The Morgan fingerprint density at radius 1 is 1.18 bits per heavy atom. The van der Waals surface area contributed by atoms with Crippen LogP contribution in [-0.4, -0.2) is 8.07 Å². The van der Waals surface area contributed by atoms with E-state index < -0.39 is 8.07 Å². The maximum atomic E-state index is 2.39. The summed E-state index contributed by atoms with van der Waals surface area (Å²) in [5.41, 5.74) is 1.37. The average molecular weight is 168 g/mol. The molecule has 0 bridgehead atoms. The zero-order valence-corrected chi connectivity index (χ0v) is 9.44. The summed E-state index contributed by atoms with van der Waals surface area (Å²) in [5.74, 6) is 0. The van der Waals surface area contributed by atoms with Crippen molar-refractivity contribution in [3.05, 3.63) is 23.8 Å². The summed E-state index contributed by atoms with van der Waals surface area (Å²) in [5, 5.41) is 0. The monoisotopic (exact) mass is 168 g/mol. The Kier molecular flexibility index (Phi) is 4.42. The normalized spacial score (nSPS) is 12.1. The Hall–Kier alpha value is -0.303. The van der Waals surface area contributed by atoms with Crippen molar-refractivity contribution in [3.63, 3.8) is 0 Å². The van der Waals surface area contributed by atoms with Crippen LogP contribution in [-0.2, 0) is 0 Å². The zero-order chi connectivity index (χ0) is 8.91. The third-order valence-electron chi connectivity index (χ3n) is 1.30. The number of rotatable bonds is 3. The van der Waals surface area contributed by atoms with Crippen LogP contribution in [0.4, 0.5) is 0 Å². The van der Waals surface area contributed by atoms with Gasteiger partial charge in [-0.1, -0.05) is 43.4 Å². The smallest absolute Gasteiger partial charge is 0.0480 e. The minimum absolute atomic E-state index is 0.845. The molecule has 0 aromatic carbocycles. The highest BCUT2D eigenvalue weighted by atomic mass is 28.3. The van der Waals surface area contributed by atoms with Crippen LogP contribution in [0.15, 0.2) is 23.8 Å². The van der Waals surface area contributed by atoms with Gasteiger partial charge in [-0.3, -0.25) is 0 Å². The summed E-state index contributed by atoms with van der Waals surface area (Å²) in [6.45, 7) is 11.4. The molecule has 64 valence electrons. The van der Waals surface area contributed by atoms with Gasteiger partial charge in [0, 0.05) is 8.07 Å². The van der Waals surface area contributed by atoms with Crippen LogP contribution in [0.25, 0.3) is 0 Å². The van der Waals surface area contributed by atoms with Crippen molar-refractivity contribution >= 4 is 8.07 Å². The van der Waals surface area contributed by atoms with E-state index in [1.807, 2.05) is 0 Å². The van der Waals surface area contributed by atoms with E-state index in [0.29, 0.717) is 0 Å². The molecule has 0 saturated heterocycles. The van der Waals surface area contributed by atoms with Gasteiger partial charge in [0.1, 0.15) is 0 Å². The van der Waals surface area contributed by atoms with Gasteiger partial charge in [-0.05, 0) is 19.9 Å². The summed E-state index contributed by atoms with van der Waals surface area (Å²) < 4.78 is 0. The first-order chi connectivity index (χ1) is 4.92. The van der Waals surface area contributed by atoms with E-state index in [0.717, 1.165) is 0 Å². The van der Waals surface area contributed by atoms with Gasteiger partial charge in [0.2, 0.25) is 0 Å². The molecule has 0 fully saturated rings. The highest BCUT2D eigenvalue weighted by molar-refractivity contribution is 6.76. The Morgan fingerprint density at radius 3 is 2.09 bits per heavy atom. The van der Waals surface area contributed by atoms with E-state index in [2.05, 4.69) is 51.7 Å². The second-order valence-electron chi connectivity index (χ2n) is 4.44. The van der Waals surface area contributed by atoms with Crippen molar-refractivity contribution in [1.29, 1.82) is 0 Å². The number of hydrogen-bond donors (Lipinski definition) is 0. The van der Waals surface area contributed by atoms with Gasteiger partial charge in [0.05, 0.1) is 0 Å². The molecule has 0 nitrogen and oxygen atoms in total. The van der Waals surface area contributed by atoms with Crippen molar-refractivity contribution in [2.75, 3.05) is 0 Å². The highest BCUT2D eigenvalue weighted by Crippen LogP contribution is 2.08. The molecular weight excluding hydrogens is 148 g/mol. The summed E-state index contributed by atoms with van der Waals surface area (Å²) in [6, 6.07) is 1.29. The highest BCUT2D eigenvalue weighted by Gasteiger charge is 2.08. The van der Waals surface area contributed by atoms with Crippen LogP contribution < -0.4 is 0 Å². The molecule has 0 radical (unpaired) electrons. The molecule has 0 aromatic heterocycles. The van der Waals surface area contributed by atoms with Gasteiger partial charge in [0.25, 0.3) is 0 Å². The molecule has 0 saturated carbocycles. The SMILES string of the molecule is CC(C)=C/C=C/C[Si](C)(C)C. The standard InChI is InChI=1S/C10H20Si/c1-10(2)8-6-7-9-11(3,4)5/h6-8H,9H2,1-5H3/b7-6+. The topological polar surface area (TPSA) is 0 Å². The lowest BCUT2D eigenvalue weighted by Crippen LogP contribution is -2.17. The molecule has 0 aliphatic heterocycles. The fraction of sp³-hybridized carbons (Fsp3) is 0.600. The lowest BCUT2D eigenvalue weighted by molar-refractivity contribution is 1.39. The molecule has 0 N–H and O–H groups in total. The molecule has 0 spiro atoms. The quantitative estimate of drug-likeness (QED) is 0.443. The third-order valence-corrected chi connectivity index (χ3v) is 2.76. The molecule has 0 aromatic rings. The average Bonchev–Trinajstić information content (AvgIpc) is 1.78. The zero-order valence-electron chi connectivity index (χ0n) is 8.44. The largest absolute Gasteiger partial charge is 0.0872 e. The van der Waals surface area contributed by atoms with Gasteiger partial charge in [-0.15, -0.1) is 0 Å². The lowest BCUT2D eigenvalue weighted by Gasteiger charge is -2.11. The Morgan fingerprint density at radius 2 is 1.73 bits per heavy atom. The Bertz CT molecular complexity index is 154. The van der Waals surface area contributed by atoms with Crippen molar-refractivity contribution in [1.82, 2.24) is 0 Å². The summed E-state index contributed by atoms with van der Waals surface area (Å²) in [6.07, 6.45) is 6.63. The van der Waals surface area contributed by atoms with Gasteiger partial charge in [-0.2, -0.15) is 0 Å². The maximum absolute atomic E-state index is 2.39. The molecule has 0 unspecified atom stereocenters. The second-order valence-corrected chi connectivity index (χ2v) is 9.97. The van der Waals surface area contributed by atoms with Gasteiger partial charge in [-0.25, -0.2) is 0 Å². The summed E-state index contributed by atoms with van der Waals surface area (Å²) in [4.78, 5) is 0. The van der Waals surface area contributed by atoms with Crippen LogP contribution in [0.3, 0.4) is 0 Å². The summed E-state index contributed by atoms with van der Waals surface area (Å²) >= 11 is 0.